The molecule has 0 aliphatic carbocycles. The molecule has 156 valence electrons. The molecule has 0 aliphatic heterocycles. The Kier molecular flexibility index (Phi) is 6.79. The summed E-state index contributed by atoms with van der Waals surface area (Å²) in [5.41, 5.74) is 0.267. The average molecular weight is 421 g/mol. The van der Waals surface area contributed by atoms with Gasteiger partial charge in [0.05, 0.1) is 6.04 Å². The lowest BCUT2D eigenvalue weighted by Gasteiger charge is -2.28. The van der Waals surface area contributed by atoms with Gasteiger partial charge in [0.15, 0.2) is 0 Å². The summed E-state index contributed by atoms with van der Waals surface area (Å²) in [4.78, 5) is 12.6. The zero-order chi connectivity index (χ0) is 21.6. The van der Waals surface area contributed by atoms with Crippen LogP contribution in [0.3, 0.4) is 0 Å². The Bertz CT molecular complexity index is 955. The smallest absolute Gasteiger partial charge is 0.408 e. The van der Waals surface area contributed by atoms with E-state index in [4.69, 9.17) is 4.74 Å². The van der Waals surface area contributed by atoms with Crippen LogP contribution in [-0.4, -0.2) is 17.9 Å². The fraction of sp³-hybridized carbons (Fsp3) is 0.240. The van der Waals surface area contributed by atoms with Crippen molar-refractivity contribution in [3.05, 3.63) is 96.6 Å². The Labute approximate surface area is 178 Å². The lowest BCUT2D eigenvalue weighted by atomic mass is 10.1. The summed E-state index contributed by atoms with van der Waals surface area (Å²) in [7, 11) is -3.02. The minimum atomic E-state index is -3.02. The highest BCUT2D eigenvalue weighted by Crippen LogP contribution is 2.46. The molecule has 0 spiro atoms. The maximum atomic E-state index is 14.5. The number of hydrogen-bond acceptors (Lipinski definition) is 3. The maximum absolute atomic E-state index is 14.5. The normalized spacial score (nSPS) is 12.8. The van der Waals surface area contributed by atoms with Crippen molar-refractivity contribution in [2.75, 3.05) is 6.16 Å². The van der Waals surface area contributed by atoms with Gasteiger partial charge in [0.2, 0.25) is 0 Å². The van der Waals surface area contributed by atoms with Crippen LogP contribution in [0.25, 0.3) is 0 Å². The van der Waals surface area contributed by atoms with Crippen molar-refractivity contribution < 1.29 is 14.1 Å². The number of carbonyl (C=O) groups excluding carboxylic acids is 1. The first-order chi connectivity index (χ1) is 14.3. The van der Waals surface area contributed by atoms with Gasteiger partial charge in [-0.05, 0) is 26.3 Å². The van der Waals surface area contributed by atoms with E-state index in [1.165, 1.54) is 0 Å². The third-order valence-corrected chi connectivity index (χ3v) is 7.82. The Morgan fingerprint density at radius 3 is 1.70 bits per heavy atom. The molecule has 0 fully saturated rings. The fourth-order valence-electron chi connectivity index (χ4n) is 3.32. The lowest BCUT2D eigenvalue weighted by Crippen LogP contribution is -2.37. The van der Waals surface area contributed by atoms with Crippen LogP contribution in [0.1, 0.15) is 32.4 Å². The van der Waals surface area contributed by atoms with Crippen LogP contribution in [-0.2, 0) is 9.30 Å². The van der Waals surface area contributed by atoms with Crippen LogP contribution in [0.2, 0.25) is 0 Å². The summed E-state index contributed by atoms with van der Waals surface area (Å²) < 4.78 is 20.0. The van der Waals surface area contributed by atoms with Gasteiger partial charge >= 0.3 is 6.09 Å². The average Bonchev–Trinajstić information content (AvgIpc) is 2.74. The Hall–Kier alpha value is -2.84. The van der Waals surface area contributed by atoms with Gasteiger partial charge < -0.3 is 14.6 Å². The molecule has 1 atom stereocenters. The van der Waals surface area contributed by atoms with Gasteiger partial charge in [0.25, 0.3) is 0 Å². The largest absolute Gasteiger partial charge is 0.444 e. The number of amides is 1. The van der Waals surface area contributed by atoms with Crippen molar-refractivity contribution in [2.24, 2.45) is 0 Å². The molecule has 30 heavy (non-hydrogen) atoms. The molecule has 3 aromatic carbocycles. The summed E-state index contributed by atoms with van der Waals surface area (Å²) in [6, 6.07) is 28.1. The number of nitrogens with one attached hydrogen (secondary N) is 1. The Morgan fingerprint density at radius 1 is 0.833 bits per heavy atom. The van der Waals surface area contributed by atoms with E-state index in [2.05, 4.69) is 5.32 Å². The maximum Gasteiger partial charge on any atom is 0.408 e. The quantitative estimate of drug-likeness (QED) is 0.552. The fourth-order valence-corrected chi connectivity index (χ4v) is 6.17. The molecule has 3 rings (SSSR count). The zero-order valence-corrected chi connectivity index (χ0v) is 18.5. The van der Waals surface area contributed by atoms with Crippen molar-refractivity contribution in [1.82, 2.24) is 5.32 Å². The van der Waals surface area contributed by atoms with E-state index >= 15 is 0 Å². The van der Waals surface area contributed by atoms with Gasteiger partial charge in [0.1, 0.15) is 12.7 Å². The second-order valence-electron chi connectivity index (χ2n) is 8.20. The first-order valence-electron chi connectivity index (χ1n) is 10.0. The van der Waals surface area contributed by atoms with Gasteiger partial charge in [-0.2, -0.15) is 0 Å². The molecule has 1 N–H and O–H groups in total. The van der Waals surface area contributed by atoms with Crippen molar-refractivity contribution in [3.63, 3.8) is 0 Å². The summed E-state index contributed by atoms with van der Waals surface area (Å²) in [6.07, 6.45) is -0.270. The number of ether oxygens (including phenoxy) is 1. The molecule has 5 heteroatoms. The predicted octanol–water partition coefficient (Wildman–Crippen LogP) is 5.27. The Morgan fingerprint density at radius 2 is 1.27 bits per heavy atom. The molecule has 0 radical (unpaired) electrons. The minimum absolute atomic E-state index is 0.254. The second-order valence-corrected chi connectivity index (χ2v) is 11.1. The highest BCUT2D eigenvalue weighted by molar-refractivity contribution is 7.78. The molecule has 4 nitrogen and oxygen atoms in total. The minimum Gasteiger partial charge on any atom is -0.444 e. The lowest BCUT2D eigenvalue weighted by molar-refractivity contribution is 0.0508. The summed E-state index contributed by atoms with van der Waals surface area (Å²) >= 11 is 0. The molecule has 0 saturated heterocycles. The van der Waals surface area contributed by atoms with E-state index in [0.29, 0.717) is 0 Å². The van der Waals surface area contributed by atoms with E-state index in [-0.39, 0.29) is 6.16 Å². The third-order valence-electron chi connectivity index (χ3n) is 4.68. The predicted molar refractivity (Wildman–Crippen MR) is 123 cm³/mol. The van der Waals surface area contributed by atoms with Gasteiger partial charge in [-0.25, -0.2) is 4.79 Å². The molecular formula is C25H28NO3P. The molecule has 1 unspecified atom stereocenters. The number of carbonyl (C=O) groups is 1. The highest BCUT2D eigenvalue weighted by Gasteiger charge is 2.33. The number of hydrogen-bond donors (Lipinski definition) is 1. The van der Waals surface area contributed by atoms with Gasteiger partial charge in [0, 0.05) is 16.8 Å². The molecule has 0 aliphatic rings. The molecule has 0 heterocycles. The van der Waals surface area contributed by atoms with Crippen LogP contribution in [0.4, 0.5) is 4.79 Å². The molecule has 0 bridgehead atoms. The van der Waals surface area contributed by atoms with Gasteiger partial charge in [-0.15, -0.1) is 0 Å². The van der Waals surface area contributed by atoms with Crippen LogP contribution in [0, 0.1) is 0 Å². The molecule has 1 amide bonds. The summed E-state index contributed by atoms with van der Waals surface area (Å²) in [5, 5.41) is 4.49. The van der Waals surface area contributed by atoms with Gasteiger partial charge in [-0.3, -0.25) is 0 Å². The molecule has 0 saturated carbocycles. The standard InChI is InChI=1S/C25H28NO3P/c1-25(2,3)29-24(27)26-23(20-13-7-4-8-14-20)19-30(28,21-15-9-5-10-16-21)22-17-11-6-12-18-22/h4-18,23H,19H2,1-3H3,(H,26,27). The summed E-state index contributed by atoms with van der Waals surface area (Å²) in [6.45, 7) is 5.47. The van der Waals surface area contributed by atoms with Crippen LogP contribution >= 0.6 is 7.14 Å². The molecule has 3 aromatic rings. The van der Waals surface area contributed by atoms with Gasteiger partial charge in [-0.1, -0.05) is 91.0 Å². The topological polar surface area (TPSA) is 55.4 Å². The van der Waals surface area contributed by atoms with E-state index < -0.39 is 24.9 Å². The van der Waals surface area contributed by atoms with E-state index in [9.17, 15) is 9.36 Å². The van der Waals surface area contributed by atoms with E-state index in [1.54, 1.807) is 0 Å². The second kappa shape index (κ2) is 9.32. The van der Waals surface area contributed by atoms with Crippen molar-refractivity contribution in [3.8, 4) is 0 Å². The van der Waals surface area contributed by atoms with Crippen LogP contribution in [0.15, 0.2) is 91.0 Å². The number of rotatable bonds is 6. The molecule has 0 aromatic heterocycles. The van der Waals surface area contributed by atoms with Crippen molar-refractivity contribution >= 4 is 23.8 Å². The number of benzene rings is 3. The van der Waals surface area contributed by atoms with E-state index in [1.807, 2.05) is 112 Å². The molecular weight excluding hydrogens is 393 g/mol. The van der Waals surface area contributed by atoms with Crippen molar-refractivity contribution in [2.45, 2.75) is 32.4 Å². The first kappa shape index (κ1) is 21.9. The van der Waals surface area contributed by atoms with Crippen LogP contribution in [0.5, 0.6) is 0 Å². The monoisotopic (exact) mass is 421 g/mol. The van der Waals surface area contributed by atoms with Crippen LogP contribution < -0.4 is 15.9 Å². The first-order valence-corrected chi connectivity index (χ1v) is 11.9. The van der Waals surface area contributed by atoms with Crippen molar-refractivity contribution in [1.29, 1.82) is 0 Å². The van der Waals surface area contributed by atoms with E-state index in [0.717, 1.165) is 16.2 Å². The SMILES string of the molecule is CC(C)(C)OC(=O)NC(CP(=O)(c1ccccc1)c1ccccc1)c1ccccc1. The zero-order valence-electron chi connectivity index (χ0n) is 17.6. The Balaban J connectivity index is 2.01. The third kappa shape index (κ3) is 5.61. The highest BCUT2D eigenvalue weighted by atomic mass is 31.2. The number of alkyl carbamates (subject to hydrolysis) is 1. The summed E-state index contributed by atoms with van der Waals surface area (Å²) in [5.74, 6) is 0.